The van der Waals surface area contributed by atoms with E-state index in [0.29, 0.717) is 23.7 Å². The Bertz CT molecular complexity index is 805. The molecule has 0 fully saturated rings. The van der Waals surface area contributed by atoms with Crippen LogP contribution in [0.1, 0.15) is 93.9 Å². The number of anilines is 1. The third-order valence-corrected chi connectivity index (χ3v) is 5.55. The first-order valence-corrected chi connectivity index (χ1v) is 9.82. The first-order valence-electron chi connectivity index (χ1n) is 9.82. The second kappa shape index (κ2) is 7.61. The van der Waals surface area contributed by atoms with E-state index in [1.807, 2.05) is 0 Å². The van der Waals surface area contributed by atoms with Crippen LogP contribution in [0.25, 0.3) is 0 Å². The molecule has 138 valence electrons. The highest BCUT2D eigenvalue weighted by molar-refractivity contribution is 5.61. The Balaban J connectivity index is 2.15. The molecule has 26 heavy (non-hydrogen) atoms. The number of para-hydroxylation sites is 1. The fourth-order valence-corrected chi connectivity index (χ4v) is 4.08. The Morgan fingerprint density at radius 3 is 2.08 bits per heavy atom. The lowest BCUT2D eigenvalue weighted by molar-refractivity contribution is 0.591. The maximum atomic E-state index is 4.66. The molecule has 0 radical (unpaired) electrons. The monoisotopic (exact) mass is 349 g/mol. The number of fused-ring (bicyclic) bond motifs is 2. The van der Waals surface area contributed by atoms with E-state index in [1.165, 1.54) is 22.3 Å². The molecule has 0 spiro atoms. The summed E-state index contributed by atoms with van der Waals surface area (Å²) < 4.78 is 0. The van der Waals surface area contributed by atoms with Crippen LogP contribution in [0.15, 0.2) is 46.7 Å². The van der Waals surface area contributed by atoms with Crippen LogP contribution in [-0.2, 0) is 0 Å². The van der Waals surface area contributed by atoms with Crippen LogP contribution in [0.4, 0.5) is 11.4 Å². The summed E-state index contributed by atoms with van der Waals surface area (Å²) in [6, 6.07) is 13.2. The molecular weight excluding hydrogens is 318 g/mol. The number of hydrogen-bond donors (Lipinski definition) is 1. The van der Waals surface area contributed by atoms with Crippen molar-refractivity contribution in [3.8, 4) is 0 Å². The molecule has 3 nitrogen and oxygen atoms in total. The summed E-state index contributed by atoms with van der Waals surface area (Å²) in [7, 11) is 0. The maximum Gasteiger partial charge on any atom is 0.0943 e. The first-order chi connectivity index (χ1) is 12.4. The molecule has 0 aromatic heterocycles. The Morgan fingerprint density at radius 2 is 1.42 bits per heavy atom. The maximum absolute atomic E-state index is 4.66. The van der Waals surface area contributed by atoms with Crippen LogP contribution in [0.5, 0.6) is 0 Å². The van der Waals surface area contributed by atoms with E-state index in [0.717, 1.165) is 17.8 Å². The standard InChI is InChI=1S/C23H31N3/c1-14(2)18-9-7-11-20-16(5)13-17(6)21-12-8-10-19(15(3)4)23(21)25-26-24-22(18)20/h7-12,14-17H,13H2,1-6H3,(H,24,25). The lowest BCUT2D eigenvalue weighted by atomic mass is 9.83. The molecule has 0 saturated heterocycles. The molecule has 2 atom stereocenters. The van der Waals surface area contributed by atoms with Gasteiger partial charge in [0, 0.05) is 0 Å². The summed E-state index contributed by atoms with van der Waals surface area (Å²) in [6.45, 7) is 13.5. The molecule has 1 heterocycles. The van der Waals surface area contributed by atoms with Gasteiger partial charge in [-0.15, -0.1) is 5.11 Å². The van der Waals surface area contributed by atoms with E-state index in [9.17, 15) is 0 Å². The minimum absolute atomic E-state index is 0.426. The van der Waals surface area contributed by atoms with Crippen molar-refractivity contribution in [2.45, 2.75) is 71.6 Å². The summed E-state index contributed by atoms with van der Waals surface area (Å²) in [5.41, 5.74) is 10.7. The normalized spacial score (nSPS) is 19.8. The SMILES string of the molecule is CC(C)c1cccc2c1N=NNc1c(C(C)C)cccc1C(C)CC2C. The van der Waals surface area contributed by atoms with Gasteiger partial charge >= 0.3 is 0 Å². The van der Waals surface area contributed by atoms with Crippen molar-refractivity contribution >= 4 is 11.4 Å². The second-order valence-electron chi connectivity index (χ2n) is 8.26. The van der Waals surface area contributed by atoms with Crippen molar-refractivity contribution in [1.29, 1.82) is 0 Å². The molecule has 2 aromatic carbocycles. The zero-order chi connectivity index (χ0) is 18.8. The molecule has 1 aliphatic heterocycles. The molecule has 3 rings (SSSR count). The molecule has 0 saturated carbocycles. The summed E-state index contributed by atoms with van der Waals surface area (Å²) in [4.78, 5) is 0. The van der Waals surface area contributed by atoms with Gasteiger partial charge < -0.3 is 0 Å². The predicted octanol–water partition coefficient (Wildman–Crippen LogP) is 7.65. The van der Waals surface area contributed by atoms with Crippen molar-refractivity contribution in [3.05, 3.63) is 58.7 Å². The highest BCUT2D eigenvalue weighted by Gasteiger charge is 2.22. The zero-order valence-electron chi connectivity index (χ0n) is 16.9. The van der Waals surface area contributed by atoms with E-state index in [1.54, 1.807) is 0 Å². The molecule has 0 amide bonds. The summed E-state index contributed by atoms with van der Waals surface area (Å²) >= 11 is 0. The number of benzene rings is 2. The Hall–Kier alpha value is -2.16. The van der Waals surface area contributed by atoms with Gasteiger partial charge in [0.1, 0.15) is 0 Å². The van der Waals surface area contributed by atoms with Crippen molar-refractivity contribution in [3.63, 3.8) is 0 Å². The molecule has 0 bridgehead atoms. The average molecular weight is 350 g/mol. The Labute approximate surface area is 157 Å². The summed E-state index contributed by atoms with van der Waals surface area (Å²) in [6.07, 6.45) is 1.10. The Morgan fingerprint density at radius 1 is 0.846 bits per heavy atom. The predicted molar refractivity (Wildman–Crippen MR) is 111 cm³/mol. The van der Waals surface area contributed by atoms with Gasteiger partial charge in [0.25, 0.3) is 0 Å². The second-order valence-corrected chi connectivity index (χ2v) is 8.26. The van der Waals surface area contributed by atoms with Gasteiger partial charge in [0.2, 0.25) is 0 Å². The molecule has 2 unspecified atom stereocenters. The van der Waals surface area contributed by atoms with Crippen molar-refractivity contribution in [1.82, 2.24) is 0 Å². The fraction of sp³-hybridized carbons (Fsp3) is 0.478. The minimum atomic E-state index is 0.426. The third-order valence-electron chi connectivity index (χ3n) is 5.55. The topological polar surface area (TPSA) is 36.8 Å². The molecule has 1 N–H and O–H groups in total. The number of nitrogens with one attached hydrogen (secondary N) is 1. The minimum Gasteiger partial charge on any atom is -0.259 e. The van der Waals surface area contributed by atoms with E-state index in [4.69, 9.17) is 0 Å². The van der Waals surface area contributed by atoms with E-state index >= 15 is 0 Å². The van der Waals surface area contributed by atoms with E-state index in [-0.39, 0.29) is 0 Å². The van der Waals surface area contributed by atoms with E-state index < -0.39 is 0 Å². The van der Waals surface area contributed by atoms with Crippen LogP contribution in [0.3, 0.4) is 0 Å². The van der Waals surface area contributed by atoms with Crippen LogP contribution in [-0.4, -0.2) is 0 Å². The Kier molecular flexibility index (Phi) is 5.45. The van der Waals surface area contributed by atoms with E-state index in [2.05, 4.69) is 93.7 Å². The first kappa shape index (κ1) is 18.6. The number of nitrogens with zero attached hydrogens (tertiary/aromatic N) is 2. The van der Waals surface area contributed by atoms with Crippen molar-refractivity contribution in [2.24, 2.45) is 10.3 Å². The molecule has 0 aliphatic carbocycles. The van der Waals surface area contributed by atoms with Gasteiger partial charge in [-0.3, -0.25) is 5.43 Å². The van der Waals surface area contributed by atoms with Crippen molar-refractivity contribution < 1.29 is 0 Å². The summed E-state index contributed by atoms with van der Waals surface area (Å²) in [5.74, 6) is 1.76. The molecule has 3 heteroatoms. The number of rotatable bonds is 2. The van der Waals surface area contributed by atoms with Gasteiger partial charge in [0.05, 0.1) is 11.4 Å². The van der Waals surface area contributed by atoms with Crippen LogP contribution < -0.4 is 5.43 Å². The molecule has 1 aliphatic rings. The lowest BCUT2D eigenvalue weighted by Crippen LogP contribution is -2.09. The quantitative estimate of drug-likeness (QED) is 0.593. The van der Waals surface area contributed by atoms with Crippen LogP contribution >= 0.6 is 0 Å². The lowest BCUT2D eigenvalue weighted by Gasteiger charge is -2.25. The van der Waals surface area contributed by atoms with Gasteiger partial charge in [-0.2, -0.15) is 0 Å². The molecular formula is C23H31N3. The summed E-state index contributed by atoms with van der Waals surface area (Å²) in [5, 5.41) is 9.10. The average Bonchev–Trinajstić information content (AvgIpc) is 2.60. The van der Waals surface area contributed by atoms with Gasteiger partial charge in [-0.1, -0.05) is 83.2 Å². The van der Waals surface area contributed by atoms with Crippen LogP contribution in [0, 0.1) is 0 Å². The third kappa shape index (κ3) is 3.53. The zero-order valence-corrected chi connectivity index (χ0v) is 16.9. The number of hydrogen-bond acceptors (Lipinski definition) is 3. The van der Waals surface area contributed by atoms with Gasteiger partial charge in [0.15, 0.2) is 0 Å². The van der Waals surface area contributed by atoms with Crippen molar-refractivity contribution in [2.75, 3.05) is 5.43 Å². The van der Waals surface area contributed by atoms with Gasteiger partial charge in [-0.05, 0) is 52.3 Å². The van der Waals surface area contributed by atoms with Crippen LogP contribution in [0.2, 0.25) is 0 Å². The van der Waals surface area contributed by atoms with Gasteiger partial charge in [-0.25, -0.2) is 0 Å². The largest absolute Gasteiger partial charge is 0.259 e. The highest BCUT2D eigenvalue weighted by Crippen LogP contribution is 2.42. The molecule has 2 aromatic rings. The highest BCUT2D eigenvalue weighted by atomic mass is 15.4. The fourth-order valence-electron chi connectivity index (χ4n) is 4.08. The smallest absolute Gasteiger partial charge is 0.0943 e.